The van der Waals surface area contributed by atoms with Crippen LogP contribution in [-0.2, 0) is 0 Å². The molecule has 1 aromatic carbocycles. The van der Waals surface area contributed by atoms with E-state index in [9.17, 15) is 4.39 Å². The van der Waals surface area contributed by atoms with Crippen LogP contribution >= 0.6 is 0 Å². The molecule has 0 spiro atoms. The minimum absolute atomic E-state index is 0.309. The summed E-state index contributed by atoms with van der Waals surface area (Å²) in [5.74, 6) is 0.0625. The van der Waals surface area contributed by atoms with Crippen LogP contribution in [0.5, 0.6) is 0 Å². The lowest BCUT2D eigenvalue weighted by Gasteiger charge is -2.00. The smallest absolute Gasteiger partial charge is 0.181 e. The second-order valence-corrected chi connectivity index (χ2v) is 3.96. The lowest BCUT2D eigenvalue weighted by molar-refractivity contribution is 0.604. The molecular weight excluding hydrogens is 245 g/mol. The number of benzene rings is 1. The highest BCUT2D eigenvalue weighted by Crippen LogP contribution is 2.18. The molecule has 0 aliphatic carbocycles. The zero-order valence-corrected chi connectivity index (χ0v) is 9.86. The van der Waals surface area contributed by atoms with Crippen LogP contribution in [0.1, 0.15) is 0 Å². The van der Waals surface area contributed by atoms with Crippen molar-refractivity contribution in [2.75, 3.05) is 5.73 Å². The fraction of sp³-hybridized carbons (Fsp3) is 0. The SMILES string of the molecule is Nc1ccc(-c2ncn(-c3ccncc3F)n2)cc1. The summed E-state index contributed by atoms with van der Waals surface area (Å²) >= 11 is 0. The van der Waals surface area contributed by atoms with E-state index < -0.39 is 5.82 Å². The topological polar surface area (TPSA) is 69.6 Å². The molecule has 2 aromatic heterocycles. The Morgan fingerprint density at radius 3 is 2.63 bits per heavy atom. The normalized spacial score (nSPS) is 10.6. The van der Waals surface area contributed by atoms with E-state index in [2.05, 4.69) is 15.1 Å². The third-order valence-electron chi connectivity index (χ3n) is 2.66. The fourth-order valence-electron chi connectivity index (χ4n) is 1.70. The molecule has 0 atom stereocenters. The maximum absolute atomic E-state index is 13.6. The van der Waals surface area contributed by atoms with Gasteiger partial charge >= 0.3 is 0 Å². The van der Waals surface area contributed by atoms with Crippen molar-refractivity contribution in [3.63, 3.8) is 0 Å². The van der Waals surface area contributed by atoms with Gasteiger partial charge in [0.15, 0.2) is 11.6 Å². The molecule has 3 rings (SSSR count). The number of rotatable bonds is 2. The number of hydrogen-bond acceptors (Lipinski definition) is 4. The molecule has 0 amide bonds. The van der Waals surface area contributed by atoms with Crippen LogP contribution in [0.3, 0.4) is 0 Å². The van der Waals surface area contributed by atoms with Crippen LogP contribution in [0.4, 0.5) is 10.1 Å². The van der Waals surface area contributed by atoms with E-state index in [4.69, 9.17) is 5.73 Å². The molecule has 6 heteroatoms. The van der Waals surface area contributed by atoms with E-state index in [0.29, 0.717) is 17.2 Å². The van der Waals surface area contributed by atoms with Crippen molar-refractivity contribution in [1.82, 2.24) is 19.7 Å². The lowest BCUT2D eigenvalue weighted by Crippen LogP contribution is -1.98. The second-order valence-electron chi connectivity index (χ2n) is 3.96. The number of nitrogen functional groups attached to an aromatic ring is 1. The third-order valence-corrected chi connectivity index (χ3v) is 2.66. The van der Waals surface area contributed by atoms with Gasteiger partial charge in [0.1, 0.15) is 12.0 Å². The van der Waals surface area contributed by atoms with Crippen LogP contribution in [-0.4, -0.2) is 19.7 Å². The molecule has 5 nitrogen and oxygen atoms in total. The summed E-state index contributed by atoms with van der Waals surface area (Å²) in [6, 6.07) is 8.71. The minimum Gasteiger partial charge on any atom is -0.399 e. The molecule has 19 heavy (non-hydrogen) atoms. The summed E-state index contributed by atoms with van der Waals surface area (Å²) in [6.07, 6.45) is 4.10. The molecule has 0 fully saturated rings. The Morgan fingerprint density at radius 1 is 1.11 bits per heavy atom. The number of anilines is 1. The summed E-state index contributed by atoms with van der Waals surface area (Å²) in [7, 11) is 0. The van der Waals surface area contributed by atoms with Crippen molar-refractivity contribution in [3.05, 3.63) is 54.9 Å². The van der Waals surface area contributed by atoms with Crippen molar-refractivity contribution in [2.45, 2.75) is 0 Å². The van der Waals surface area contributed by atoms with Gasteiger partial charge in [0.25, 0.3) is 0 Å². The first-order valence-corrected chi connectivity index (χ1v) is 5.61. The predicted molar refractivity (Wildman–Crippen MR) is 69.0 cm³/mol. The highest BCUT2D eigenvalue weighted by molar-refractivity contribution is 5.58. The third kappa shape index (κ3) is 2.15. The first-order valence-electron chi connectivity index (χ1n) is 5.61. The van der Waals surface area contributed by atoms with Crippen molar-refractivity contribution in [3.8, 4) is 17.1 Å². The maximum Gasteiger partial charge on any atom is 0.181 e. The molecule has 2 N–H and O–H groups in total. The lowest BCUT2D eigenvalue weighted by atomic mass is 10.2. The van der Waals surface area contributed by atoms with Crippen LogP contribution < -0.4 is 5.73 Å². The molecule has 94 valence electrons. The van der Waals surface area contributed by atoms with Gasteiger partial charge in [-0.1, -0.05) is 0 Å². The average molecular weight is 255 g/mol. The molecular formula is C13H10FN5. The van der Waals surface area contributed by atoms with E-state index in [1.165, 1.54) is 23.3 Å². The van der Waals surface area contributed by atoms with Crippen LogP contribution in [0, 0.1) is 5.82 Å². The Labute approximate surface area is 108 Å². The van der Waals surface area contributed by atoms with Gasteiger partial charge in [0.05, 0.1) is 6.20 Å². The molecule has 2 heterocycles. The van der Waals surface area contributed by atoms with Gasteiger partial charge in [-0.3, -0.25) is 4.98 Å². The molecule has 0 saturated carbocycles. The second kappa shape index (κ2) is 4.49. The van der Waals surface area contributed by atoms with Gasteiger partial charge in [-0.2, -0.15) is 0 Å². The van der Waals surface area contributed by atoms with E-state index in [1.54, 1.807) is 12.1 Å². The Bertz CT molecular complexity index is 705. The van der Waals surface area contributed by atoms with Gasteiger partial charge in [-0.05, 0) is 30.3 Å². The fourth-order valence-corrected chi connectivity index (χ4v) is 1.70. The first-order chi connectivity index (χ1) is 9.24. The van der Waals surface area contributed by atoms with Gasteiger partial charge in [0, 0.05) is 17.4 Å². The number of nitrogens with two attached hydrogens (primary N) is 1. The van der Waals surface area contributed by atoms with Crippen molar-refractivity contribution in [1.29, 1.82) is 0 Å². The first kappa shape index (κ1) is 11.3. The van der Waals surface area contributed by atoms with Crippen LogP contribution in [0.25, 0.3) is 17.1 Å². The van der Waals surface area contributed by atoms with Crippen LogP contribution in [0.15, 0.2) is 49.1 Å². The Kier molecular flexibility index (Phi) is 2.68. The monoisotopic (exact) mass is 255 g/mol. The molecule has 0 aliphatic rings. The molecule has 0 unspecified atom stereocenters. The van der Waals surface area contributed by atoms with Gasteiger partial charge < -0.3 is 5.73 Å². The zero-order valence-electron chi connectivity index (χ0n) is 9.86. The van der Waals surface area contributed by atoms with Gasteiger partial charge in [-0.15, -0.1) is 5.10 Å². The summed E-state index contributed by atoms with van der Waals surface area (Å²) in [6.45, 7) is 0. The van der Waals surface area contributed by atoms with Crippen molar-refractivity contribution < 1.29 is 4.39 Å². The number of pyridine rings is 1. The van der Waals surface area contributed by atoms with Gasteiger partial charge in [-0.25, -0.2) is 14.1 Å². The number of aromatic nitrogens is 4. The minimum atomic E-state index is -0.448. The summed E-state index contributed by atoms with van der Waals surface area (Å²) < 4.78 is 14.9. The Hall–Kier alpha value is -2.76. The summed E-state index contributed by atoms with van der Waals surface area (Å²) in [4.78, 5) is 7.85. The highest BCUT2D eigenvalue weighted by atomic mass is 19.1. The van der Waals surface area contributed by atoms with Crippen molar-refractivity contribution >= 4 is 5.69 Å². The number of hydrogen-bond donors (Lipinski definition) is 1. The number of halogens is 1. The van der Waals surface area contributed by atoms with E-state index >= 15 is 0 Å². The molecule has 3 aromatic rings. The van der Waals surface area contributed by atoms with Crippen molar-refractivity contribution in [2.24, 2.45) is 0 Å². The zero-order chi connectivity index (χ0) is 13.2. The Balaban J connectivity index is 2.00. The van der Waals surface area contributed by atoms with Gasteiger partial charge in [0.2, 0.25) is 0 Å². The van der Waals surface area contributed by atoms with E-state index in [0.717, 1.165) is 11.8 Å². The molecule has 0 saturated heterocycles. The highest BCUT2D eigenvalue weighted by Gasteiger charge is 2.08. The van der Waals surface area contributed by atoms with E-state index in [1.807, 2.05) is 12.1 Å². The predicted octanol–water partition coefficient (Wildman–Crippen LogP) is 2.05. The molecule has 0 radical (unpaired) electrons. The summed E-state index contributed by atoms with van der Waals surface area (Å²) in [5.41, 5.74) is 7.42. The largest absolute Gasteiger partial charge is 0.399 e. The average Bonchev–Trinajstić information content (AvgIpc) is 2.89. The maximum atomic E-state index is 13.6. The van der Waals surface area contributed by atoms with E-state index in [-0.39, 0.29) is 0 Å². The molecule has 0 aliphatic heterocycles. The summed E-state index contributed by atoms with van der Waals surface area (Å²) in [5, 5.41) is 4.24. The van der Waals surface area contributed by atoms with Crippen LogP contribution in [0.2, 0.25) is 0 Å². The standard InChI is InChI=1S/C13H10FN5/c14-11-7-16-6-5-12(11)19-8-17-13(18-19)9-1-3-10(15)4-2-9/h1-8H,15H2. The Morgan fingerprint density at radius 2 is 1.89 bits per heavy atom. The molecule has 0 bridgehead atoms. The quantitative estimate of drug-likeness (QED) is 0.711. The number of nitrogens with zero attached hydrogens (tertiary/aromatic N) is 4.